The van der Waals surface area contributed by atoms with Gasteiger partial charge in [-0.1, -0.05) is 6.92 Å². The predicted octanol–water partition coefficient (Wildman–Crippen LogP) is 0.356. The highest BCUT2D eigenvalue weighted by Gasteiger charge is 2.33. The molecule has 0 spiro atoms. The fourth-order valence-electron chi connectivity index (χ4n) is 2.55. The highest BCUT2D eigenvalue weighted by Crippen LogP contribution is 2.26. The van der Waals surface area contributed by atoms with E-state index < -0.39 is 5.97 Å². The lowest BCUT2D eigenvalue weighted by Crippen LogP contribution is -2.50. The molecule has 0 aromatic carbocycles. The van der Waals surface area contributed by atoms with Crippen LogP contribution in [0.5, 0.6) is 0 Å². The van der Waals surface area contributed by atoms with Crippen molar-refractivity contribution in [3.63, 3.8) is 0 Å². The SMILES string of the molecule is CCN1CCOC(CNC(=O)N(CCC(=O)O)C2CC2)C1. The predicted molar refractivity (Wildman–Crippen MR) is 77.2 cm³/mol. The molecule has 2 fully saturated rings. The molecule has 1 unspecified atom stereocenters. The van der Waals surface area contributed by atoms with E-state index in [1.54, 1.807) is 4.90 Å². The quantitative estimate of drug-likeness (QED) is 0.709. The minimum Gasteiger partial charge on any atom is -0.481 e. The third-order valence-corrected chi connectivity index (χ3v) is 3.97. The Hall–Kier alpha value is -1.34. The van der Waals surface area contributed by atoms with Crippen LogP contribution in [-0.2, 0) is 9.53 Å². The van der Waals surface area contributed by atoms with Gasteiger partial charge in [-0.05, 0) is 19.4 Å². The number of morpholine rings is 1. The van der Waals surface area contributed by atoms with Crippen molar-refractivity contribution in [3.8, 4) is 0 Å². The summed E-state index contributed by atoms with van der Waals surface area (Å²) in [6, 6.07) is 0.0414. The van der Waals surface area contributed by atoms with Crippen molar-refractivity contribution in [3.05, 3.63) is 0 Å². The summed E-state index contributed by atoms with van der Waals surface area (Å²) in [6.07, 6.45) is 1.95. The molecule has 1 atom stereocenters. The third-order valence-electron chi connectivity index (χ3n) is 3.97. The molecule has 0 radical (unpaired) electrons. The van der Waals surface area contributed by atoms with E-state index in [0.717, 1.165) is 32.5 Å². The fraction of sp³-hybridized carbons (Fsp3) is 0.857. The topological polar surface area (TPSA) is 82.1 Å². The zero-order chi connectivity index (χ0) is 15.2. The van der Waals surface area contributed by atoms with Crippen LogP contribution in [0.1, 0.15) is 26.2 Å². The number of urea groups is 1. The van der Waals surface area contributed by atoms with Crippen molar-refractivity contribution in [1.82, 2.24) is 15.1 Å². The maximum atomic E-state index is 12.2. The number of nitrogens with zero attached hydrogens (tertiary/aromatic N) is 2. The number of carboxylic acids is 1. The number of hydrogen-bond donors (Lipinski definition) is 2. The van der Waals surface area contributed by atoms with Crippen molar-refractivity contribution in [2.24, 2.45) is 0 Å². The number of likely N-dealkylation sites (N-methyl/N-ethyl adjacent to an activating group) is 1. The van der Waals surface area contributed by atoms with E-state index in [1.165, 1.54) is 0 Å². The van der Waals surface area contributed by atoms with E-state index in [1.807, 2.05) is 0 Å². The van der Waals surface area contributed by atoms with E-state index in [4.69, 9.17) is 9.84 Å². The zero-order valence-electron chi connectivity index (χ0n) is 12.6. The van der Waals surface area contributed by atoms with E-state index in [9.17, 15) is 9.59 Å². The standard InChI is InChI=1S/C14H25N3O4/c1-2-16-7-8-21-12(10-16)9-15-14(20)17(11-3-4-11)6-5-13(18)19/h11-12H,2-10H2,1H3,(H,15,20)(H,18,19). The molecule has 7 nitrogen and oxygen atoms in total. The Morgan fingerprint density at radius 3 is 2.81 bits per heavy atom. The Labute approximate surface area is 125 Å². The normalized spacial score (nSPS) is 22.8. The molecule has 2 amide bonds. The molecule has 1 aliphatic carbocycles. The van der Waals surface area contributed by atoms with Gasteiger partial charge in [0.15, 0.2) is 0 Å². The van der Waals surface area contributed by atoms with Gasteiger partial charge < -0.3 is 20.1 Å². The molecule has 120 valence electrons. The molecule has 1 saturated carbocycles. The Morgan fingerprint density at radius 1 is 1.43 bits per heavy atom. The number of hydrogen-bond acceptors (Lipinski definition) is 4. The molecule has 1 aliphatic heterocycles. The van der Waals surface area contributed by atoms with Gasteiger partial charge in [-0.3, -0.25) is 9.69 Å². The number of carbonyl (C=O) groups is 2. The first-order chi connectivity index (χ1) is 10.1. The zero-order valence-corrected chi connectivity index (χ0v) is 12.6. The molecule has 2 N–H and O–H groups in total. The summed E-state index contributed by atoms with van der Waals surface area (Å²) in [5.74, 6) is -0.873. The van der Waals surface area contributed by atoms with Gasteiger partial charge in [0, 0.05) is 32.2 Å². The van der Waals surface area contributed by atoms with Crippen LogP contribution in [0.4, 0.5) is 4.79 Å². The summed E-state index contributed by atoms with van der Waals surface area (Å²) in [4.78, 5) is 26.8. The number of carboxylic acid groups (broad SMARTS) is 1. The maximum Gasteiger partial charge on any atom is 0.317 e. The fourth-order valence-corrected chi connectivity index (χ4v) is 2.55. The minimum atomic E-state index is -0.873. The molecular formula is C14H25N3O4. The number of carbonyl (C=O) groups excluding carboxylic acids is 1. The van der Waals surface area contributed by atoms with Crippen LogP contribution in [-0.4, -0.2) is 78.4 Å². The Morgan fingerprint density at radius 2 is 2.19 bits per heavy atom. The van der Waals surface area contributed by atoms with Gasteiger partial charge in [0.25, 0.3) is 0 Å². The summed E-state index contributed by atoms with van der Waals surface area (Å²) >= 11 is 0. The van der Waals surface area contributed by atoms with Crippen LogP contribution >= 0.6 is 0 Å². The lowest BCUT2D eigenvalue weighted by Gasteiger charge is -2.32. The summed E-state index contributed by atoms with van der Waals surface area (Å²) in [5, 5.41) is 11.6. The molecule has 1 heterocycles. The van der Waals surface area contributed by atoms with Crippen LogP contribution in [0.2, 0.25) is 0 Å². The second-order valence-corrected chi connectivity index (χ2v) is 5.64. The highest BCUT2D eigenvalue weighted by atomic mass is 16.5. The molecule has 1 saturated heterocycles. The Kier molecular flexibility index (Phi) is 5.81. The monoisotopic (exact) mass is 299 g/mol. The average Bonchev–Trinajstić information content (AvgIpc) is 3.30. The van der Waals surface area contributed by atoms with Gasteiger partial charge >= 0.3 is 12.0 Å². The van der Waals surface area contributed by atoms with E-state index >= 15 is 0 Å². The first kappa shape index (κ1) is 16.0. The molecule has 21 heavy (non-hydrogen) atoms. The van der Waals surface area contributed by atoms with Gasteiger partial charge in [0.05, 0.1) is 19.1 Å². The average molecular weight is 299 g/mol. The van der Waals surface area contributed by atoms with Crippen molar-refractivity contribution in [2.45, 2.75) is 38.3 Å². The summed E-state index contributed by atoms with van der Waals surface area (Å²) in [7, 11) is 0. The molecule has 7 heteroatoms. The van der Waals surface area contributed by atoms with Crippen LogP contribution < -0.4 is 5.32 Å². The highest BCUT2D eigenvalue weighted by molar-refractivity contribution is 5.76. The Bertz CT molecular complexity index is 373. The Balaban J connectivity index is 1.75. The van der Waals surface area contributed by atoms with Crippen molar-refractivity contribution < 1.29 is 19.4 Å². The van der Waals surface area contributed by atoms with Crippen LogP contribution in [0.3, 0.4) is 0 Å². The van der Waals surface area contributed by atoms with Crippen molar-refractivity contribution in [2.75, 3.05) is 39.3 Å². The van der Waals surface area contributed by atoms with E-state index in [2.05, 4.69) is 17.1 Å². The molecular weight excluding hydrogens is 274 g/mol. The number of aliphatic carboxylic acids is 1. The number of ether oxygens (including phenoxy) is 1. The lowest BCUT2D eigenvalue weighted by molar-refractivity contribution is -0.137. The number of nitrogens with one attached hydrogen (secondary N) is 1. The van der Waals surface area contributed by atoms with Crippen molar-refractivity contribution in [1.29, 1.82) is 0 Å². The molecule has 0 aromatic heterocycles. The van der Waals surface area contributed by atoms with Gasteiger partial charge in [0.1, 0.15) is 0 Å². The largest absolute Gasteiger partial charge is 0.481 e. The number of amides is 2. The van der Waals surface area contributed by atoms with Crippen LogP contribution in [0.25, 0.3) is 0 Å². The van der Waals surface area contributed by atoms with Crippen molar-refractivity contribution >= 4 is 12.0 Å². The maximum absolute atomic E-state index is 12.2. The van der Waals surface area contributed by atoms with Gasteiger partial charge in [-0.15, -0.1) is 0 Å². The third kappa shape index (κ3) is 5.17. The first-order valence-electron chi connectivity index (χ1n) is 7.70. The van der Waals surface area contributed by atoms with Crippen LogP contribution in [0.15, 0.2) is 0 Å². The van der Waals surface area contributed by atoms with Crippen LogP contribution in [0, 0.1) is 0 Å². The van der Waals surface area contributed by atoms with Gasteiger partial charge in [0.2, 0.25) is 0 Å². The van der Waals surface area contributed by atoms with E-state index in [0.29, 0.717) is 13.2 Å². The van der Waals surface area contributed by atoms with Gasteiger partial charge in [-0.2, -0.15) is 0 Å². The van der Waals surface area contributed by atoms with Gasteiger partial charge in [-0.25, -0.2) is 4.79 Å². The summed E-state index contributed by atoms with van der Waals surface area (Å²) in [5.41, 5.74) is 0. The summed E-state index contributed by atoms with van der Waals surface area (Å²) < 4.78 is 5.65. The molecule has 2 aliphatic rings. The molecule has 0 bridgehead atoms. The molecule has 2 rings (SSSR count). The second-order valence-electron chi connectivity index (χ2n) is 5.64. The number of rotatable bonds is 7. The lowest BCUT2D eigenvalue weighted by atomic mass is 10.2. The smallest absolute Gasteiger partial charge is 0.317 e. The first-order valence-corrected chi connectivity index (χ1v) is 7.70. The minimum absolute atomic E-state index is 0.00649. The van der Waals surface area contributed by atoms with E-state index in [-0.39, 0.29) is 31.1 Å². The second kappa shape index (κ2) is 7.61. The summed E-state index contributed by atoms with van der Waals surface area (Å²) in [6.45, 7) is 6.31. The molecule has 0 aromatic rings.